The van der Waals surface area contributed by atoms with E-state index in [4.69, 9.17) is 0 Å². The Morgan fingerprint density at radius 1 is 1.42 bits per heavy atom. The number of Topliss-reactive ketones (excluding diaryl/α,β-unsaturated/α-hetero) is 1. The maximum Gasteiger partial charge on any atom is 1.00 e. The molecule has 12 heavy (non-hydrogen) atoms. The molecule has 1 unspecified atom stereocenters. The molecule has 7 heteroatoms. The average Bonchev–Trinajstić information content (AvgIpc) is 1.86. The van der Waals surface area contributed by atoms with Gasteiger partial charge in [-0.2, -0.15) is 0 Å². The van der Waals surface area contributed by atoms with Crippen molar-refractivity contribution < 1.29 is 73.9 Å². The second-order valence-corrected chi connectivity index (χ2v) is 2.64. The fourth-order valence-corrected chi connectivity index (χ4v) is 0.977. The molecule has 1 atom stereocenters. The zero-order valence-electron chi connectivity index (χ0n) is 6.73. The van der Waals surface area contributed by atoms with Crippen LogP contribution in [0.3, 0.4) is 0 Å². The van der Waals surface area contributed by atoms with Gasteiger partial charge in [0.05, 0.1) is 0 Å². The monoisotopic (exact) mass is 206 g/mol. The molecular weight excluding hydrogens is 199 g/mol. The van der Waals surface area contributed by atoms with Crippen LogP contribution in [0.1, 0.15) is 6.42 Å². The van der Waals surface area contributed by atoms with E-state index in [1.165, 1.54) is 0 Å². The molecule has 0 aliphatic carbocycles. The van der Waals surface area contributed by atoms with E-state index in [1.54, 1.807) is 0 Å². The molecule has 0 N–H and O–H groups in total. The number of ketones is 1. The summed E-state index contributed by atoms with van der Waals surface area (Å²) in [5, 5.41) is 0. The molecule has 1 saturated heterocycles. The zero-order valence-corrected chi connectivity index (χ0v) is 9.85. The maximum atomic E-state index is 11.9. The largest absolute Gasteiger partial charge is 1.00 e. The first kappa shape index (κ1) is 13.1. The van der Waals surface area contributed by atoms with Crippen LogP contribution < -0.4 is 51.4 Å². The summed E-state index contributed by atoms with van der Waals surface area (Å²) in [4.78, 5) is 10.5. The maximum absolute atomic E-state index is 11.9. The molecule has 0 radical (unpaired) electrons. The molecule has 1 heterocycles. The Morgan fingerprint density at radius 3 is 2.33 bits per heavy atom. The zero-order chi connectivity index (χ0) is 8.48. The first-order valence-corrected chi connectivity index (χ1v) is 3.29. The quantitative estimate of drug-likeness (QED) is 0.473. The van der Waals surface area contributed by atoms with Crippen LogP contribution in [-0.4, -0.2) is 26.0 Å². The molecule has 1 fully saturated rings. The van der Waals surface area contributed by atoms with Gasteiger partial charge in [-0.25, -0.2) is 0 Å². The van der Waals surface area contributed by atoms with Crippen molar-refractivity contribution in [1.29, 1.82) is 0 Å². The van der Waals surface area contributed by atoms with Gasteiger partial charge >= 0.3 is 58.4 Å². The number of halogens is 3. The summed E-state index contributed by atoms with van der Waals surface area (Å²) in [6.07, 6.45) is -0.399. The molecule has 1 aliphatic heterocycles. The molecule has 2 nitrogen and oxygen atoms in total. The Balaban J connectivity index is 0.00000121. The third kappa shape index (κ3) is 3.89. The van der Waals surface area contributed by atoms with Gasteiger partial charge in [-0.15, -0.1) is 0 Å². The SMILES string of the molecule is O=C1COCC([B-](F)(F)F)C1.[K+]. The first-order valence-electron chi connectivity index (χ1n) is 3.29. The van der Waals surface area contributed by atoms with E-state index in [0.717, 1.165) is 0 Å². The summed E-state index contributed by atoms with van der Waals surface area (Å²) in [6.45, 7) is -5.42. The minimum atomic E-state index is -4.90. The molecule has 1 rings (SSSR count). The number of rotatable bonds is 1. The van der Waals surface area contributed by atoms with E-state index < -0.39 is 25.0 Å². The normalized spacial score (nSPS) is 24.9. The average molecular weight is 206 g/mol. The fourth-order valence-electron chi connectivity index (χ4n) is 0.977. The molecular formula is C5H7BF3KO2. The van der Waals surface area contributed by atoms with E-state index >= 15 is 0 Å². The van der Waals surface area contributed by atoms with Crippen molar-refractivity contribution in [1.82, 2.24) is 0 Å². The number of carbonyl (C=O) groups is 1. The predicted molar refractivity (Wildman–Crippen MR) is 33.3 cm³/mol. The number of ether oxygens (including phenoxy) is 1. The van der Waals surface area contributed by atoms with Crippen molar-refractivity contribution in [3.05, 3.63) is 0 Å². The molecule has 0 saturated carbocycles. The third-order valence-electron chi connectivity index (χ3n) is 1.62. The van der Waals surface area contributed by atoms with Gasteiger partial charge in [0, 0.05) is 6.61 Å². The van der Waals surface area contributed by atoms with Crippen LogP contribution in [0.2, 0.25) is 5.82 Å². The topological polar surface area (TPSA) is 26.3 Å². The molecule has 0 aromatic heterocycles. The van der Waals surface area contributed by atoms with Crippen molar-refractivity contribution in [2.75, 3.05) is 13.2 Å². The van der Waals surface area contributed by atoms with Gasteiger partial charge < -0.3 is 17.7 Å². The van der Waals surface area contributed by atoms with E-state index in [9.17, 15) is 17.7 Å². The second-order valence-electron chi connectivity index (χ2n) is 2.64. The van der Waals surface area contributed by atoms with Crippen molar-refractivity contribution in [2.45, 2.75) is 12.2 Å². The summed E-state index contributed by atoms with van der Waals surface area (Å²) in [6, 6.07) is 0. The Bertz CT molecular complexity index is 173. The van der Waals surface area contributed by atoms with Crippen molar-refractivity contribution in [3.63, 3.8) is 0 Å². The van der Waals surface area contributed by atoms with E-state index in [1.807, 2.05) is 0 Å². The molecule has 0 amide bonds. The van der Waals surface area contributed by atoms with Gasteiger partial charge in [0.15, 0.2) is 5.78 Å². The Kier molecular flexibility index (Phi) is 5.59. The van der Waals surface area contributed by atoms with Crippen LogP contribution in [0.15, 0.2) is 0 Å². The second kappa shape index (κ2) is 5.11. The van der Waals surface area contributed by atoms with E-state index in [-0.39, 0.29) is 64.6 Å². The van der Waals surface area contributed by atoms with Gasteiger partial charge in [-0.05, 0) is 12.2 Å². The van der Waals surface area contributed by atoms with Crippen molar-refractivity contribution in [3.8, 4) is 0 Å². The van der Waals surface area contributed by atoms with Crippen LogP contribution in [0.5, 0.6) is 0 Å². The van der Waals surface area contributed by atoms with Crippen molar-refractivity contribution >= 4 is 12.8 Å². The van der Waals surface area contributed by atoms with E-state index in [2.05, 4.69) is 4.74 Å². The molecule has 0 aromatic rings. The smallest absolute Gasteiger partial charge is 0.449 e. The predicted octanol–water partition coefficient (Wildman–Crippen LogP) is -1.80. The van der Waals surface area contributed by atoms with Gasteiger partial charge in [0.2, 0.25) is 0 Å². The van der Waals surface area contributed by atoms with Crippen LogP contribution in [-0.2, 0) is 9.53 Å². The standard InChI is InChI=1S/C5H7BF3O2.K/c7-6(8,9)4-1-5(10)3-11-2-4;/h4H,1-3H2;/q-1;+1. The van der Waals surface area contributed by atoms with Crippen LogP contribution >= 0.6 is 0 Å². The van der Waals surface area contributed by atoms with Gasteiger partial charge in [0.1, 0.15) is 6.61 Å². The fraction of sp³-hybridized carbons (Fsp3) is 0.800. The third-order valence-corrected chi connectivity index (χ3v) is 1.62. The number of hydrogen-bond acceptors (Lipinski definition) is 2. The first-order chi connectivity index (χ1) is 5.00. The summed E-state index contributed by atoms with van der Waals surface area (Å²) in [5.41, 5.74) is 0. The van der Waals surface area contributed by atoms with Gasteiger partial charge in [0.25, 0.3) is 0 Å². The molecule has 0 bridgehead atoms. The summed E-state index contributed by atoms with van der Waals surface area (Å²) in [5.74, 6) is -1.99. The number of hydrogen-bond donors (Lipinski definition) is 0. The van der Waals surface area contributed by atoms with Crippen LogP contribution in [0.25, 0.3) is 0 Å². The Hall–Kier alpha value is 1.12. The van der Waals surface area contributed by atoms with Gasteiger partial charge in [-0.3, -0.25) is 4.79 Å². The Morgan fingerprint density at radius 2 is 2.00 bits per heavy atom. The van der Waals surface area contributed by atoms with E-state index in [0.29, 0.717) is 0 Å². The minimum absolute atomic E-state index is 0. The van der Waals surface area contributed by atoms with Crippen molar-refractivity contribution in [2.24, 2.45) is 0 Å². The molecule has 0 spiro atoms. The molecule has 0 aromatic carbocycles. The van der Waals surface area contributed by atoms with Crippen LogP contribution in [0.4, 0.5) is 12.9 Å². The summed E-state index contributed by atoms with van der Waals surface area (Å²) in [7, 11) is 0. The van der Waals surface area contributed by atoms with Gasteiger partial charge in [-0.1, -0.05) is 0 Å². The molecule has 64 valence electrons. The van der Waals surface area contributed by atoms with Crippen LogP contribution in [0, 0.1) is 0 Å². The number of carbonyl (C=O) groups excluding carboxylic acids is 1. The minimum Gasteiger partial charge on any atom is -0.449 e. The Labute approximate surface area is 111 Å². The summed E-state index contributed by atoms with van der Waals surface area (Å²) >= 11 is 0. The molecule has 1 aliphatic rings. The summed E-state index contributed by atoms with van der Waals surface area (Å²) < 4.78 is 40.3.